The van der Waals surface area contributed by atoms with Crippen LogP contribution >= 0.6 is 0 Å². The van der Waals surface area contributed by atoms with Crippen LogP contribution in [0.4, 0.5) is 0 Å². The van der Waals surface area contributed by atoms with E-state index in [4.69, 9.17) is 0 Å². The Morgan fingerprint density at radius 3 is 2.41 bits per heavy atom. The van der Waals surface area contributed by atoms with Gasteiger partial charge in [-0.05, 0) is 91.8 Å². The summed E-state index contributed by atoms with van der Waals surface area (Å²) in [6.07, 6.45) is 11.7. The van der Waals surface area contributed by atoms with Crippen LogP contribution in [-0.2, 0) is 4.79 Å². The van der Waals surface area contributed by atoms with Crippen LogP contribution in [0.2, 0.25) is 0 Å². The standard InChI is InChI=1S/C29H48O3/c1-18(2)8-7-9-19(3)21-11-12-22-20-10-13-24-28(5,23(20)14-16-27(21,22)4)17-15-25(30)29(24,6)26(31)32/h18-19,21-22,24-25,30H,7-17H2,1-6H3,(H,31,32)/p-1/t19-,21-,22+,24-,25+,27-,28-,29+/m1/s1. The van der Waals surface area contributed by atoms with Gasteiger partial charge in [0.15, 0.2) is 0 Å². The maximum absolute atomic E-state index is 12.2. The number of carboxylic acids is 1. The zero-order valence-electron chi connectivity index (χ0n) is 21.5. The number of carboxylic acid groups (broad SMARTS) is 1. The lowest BCUT2D eigenvalue weighted by molar-refractivity contribution is -0.331. The average Bonchev–Trinajstić information content (AvgIpc) is 3.08. The van der Waals surface area contributed by atoms with Crippen molar-refractivity contribution < 1.29 is 15.0 Å². The van der Waals surface area contributed by atoms with Crippen molar-refractivity contribution >= 4 is 5.97 Å². The van der Waals surface area contributed by atoms with Crippen LogP contribution < -0.4 is 5.11 Å². The first-order valence-electron chi connectivity index (χ1n) is 13.6. The molecule has 8 atom stereocenters. The van der Waals surface area contributed by atoms with Gasteiger partial charge in [-0.1, -0.05) is 72.0 Å². The Balaban J connectivity index is 1.60. The number of aliphatic hydroxyl groups excluding tert-OH is 1. The number of aliphatic carboxylic acids is 1. The van der Waals surface area contributed by atoms with Crippen LogP contribution in [0, 0.1) is 45.8 Å². The lowest BCUT2D eigenvalue weighted by Gasteiger charge is -2.60. The summed E-state index contributed by atoms with van der Waals surface area (Å²) >= 11 is 0. The van der Waals surface area contributed by atoms with Gasteiger partial charge in [0, 0.05) is 5.41 Å². The number of carbonyl (C=O) groups is 1. The van der Waals surface area contributed by atoms with E-state index in [1.54, 1.807) is 18.1 Å². The van der Waals surface area contributed by atoms with E-state index in [-0.39, 0.29) is 11.3 Å². The number of aliphatic hydroxyl groups is 1. The van der Waals surface area contributed by atoms with Gasteiger partial charge in [0.1, 0.15) is 0 Å². The Morgan fingerprint density at radius 1 is 1.03 bits per heavy atom. The highest BCUT2D eigenvalue weighted by molar-refractivity contribution is 5.74. The molecule has 0 amide bonds. The van der Waals surface area contributed by atoms with Crippen molar-refractivity contribution in [3.8, 4) is 0 Å². The predicted octanol–water partition coefficient (Wildman–Crippen LogP) is 5.90. The molecular formula is C29H47O3-. The number of carbonyl (C=O) groups excluding carboxylic acids is 1. The topological polar surface area (TPSA) is 60.4 Å². The summed E-state index contributed by atoms with van der Waals surface area (Å²) in [4.78, 5) is 12.2. The maximum Gasteiger partial charge on any atom is 0.0649 e. The lowest BCUT2D eigenvalue weighted by Crippen LogP contribution is -2.61. The number of hydrogen-bond donors (Lipinski definition) is 1. The Hall–Kier alpha value is -0.830. The van der Waals surface area contributed by atoms with Crippen LogP contribution in [0.5, 0.6) is 0 Å². The van der Waals surface area contributed by atoms with Crippen molar-refractivity contribution in [1.82, 2.24) is 0 Å². The van der Waals surface area contributed by atoms with Crippen molar-refractivity contribution in [2.45, 2.75) is 118 Å². The van der Waals surface area contributed by atoms with Crippen molar-refractivity contribution in [3.63, 3.8) is 0 Å². The van der Waals surface area contributed by atoms with Gasteiger partial charge < -0.3 is 15.0 Å². The molecule has 0 aromatic rings. The largest absolute Gasteiger partial charge is 0.549 e. The van der Waals surface area contributed by atoms with Gasteiger partial charge in [-0.3, -0.25) is 0 Å². The summed E-state index contributed by atoms with van der Waals surface area (Å²) in [5, 5.41) is 22.9. The van der Waals surface area contributed by atoms with Crippen molar-refractivity contribution in [3.05, 3.63) is 11.1 Å². The molecule has 0 aromatic heterocycles. The SMILES string of the molecule is CC(C)CCC[C@@H](C)[C@H]1CC[C@H]2C3=C(CC[C@]12C)[C@@]1(C)CC[C@H](O)[C@@](C)(C(=O)[O-])[C@@H]1CC3. The molecule has 4 aliphatic rings. The van der Waals surface area contributed by atoms with Crippen LogP contribution in [-0.4, -0.2) is 17.2 Å². The van der Waals surface area contributed by atoms with E-state index in [1.807, 2.05) is 0 Å². The lowest BCUT2D eigenvalue weighted by atomic mass is 9.45. The van der Waals surface area contributed by atoms with Crippen molar-refractivity contribution in [1.29, 1.82) is 0 Å². The van der Waals surface area contributed by atoms with E-state index in [0.29, 0.717) is 17.8 Å². The molecule has 3 heteroatoms. The Morgan fingerprint density at radius 2 is 1.75 bits per heavy atom. The van der Waals surface area contributed by atoms with Gasteiger partial charge >= 0.3 is 0 Å². The van der Waals surface area contributed by atoms with Gasteiger partial charge in [-0.2, -0.15) is 0 Å². The van der Waals surface area contributed by atoms with E-state index >= 15 is 0 Å². The van der Waals surface area contributed by atoms with Crippen LogP contribution in [0.25, 0.3) is 0 Å². The predicted molar refractivity (Wildman–Crippen MR) is 128 cm³/mol. The summed E-state index contributed by atoms with van der Waals surface area (Å²) in [5.41, 5.74) is 2.47. The van der Waals surface area contributed by atoms with Crippen molar-refractivity contribution in [2.75, 3.05) is 0 Å². The van der Waals surface area contributed by atoms with Crippen LogP contribution in [0.1, 0.15) is 112 Å². The summed E-state index contributed by atoms with van der Waals surface area (Å²) in [7, 11) is 0. The molecule has 2 fully saturated rings. The van der Waals surface area contributed by atoms with Gasteiger partial charge in [-0.25, -0.2) is 0 Å². The van der Waals surface area contributed by atoms with E-state index in [1.165, 1.54) is 38.5 Å². The third kappa shape index (κ3) is 3.51. The highest BCUT2D eigenvalue weighted by Gasteiger charge is 2.60. The second-order valence-electron chi connectivity index (χ2n) is 13.2. The van der Waals surface area contributed by atoms with E-state index < -0.39 is 17.5 Å². The minimum atomic E-state index is -1.13. The second kappa shape index (κ2) is 8.43. The molecule has 1 N–H and O–H groups in total. The highest BCUT2D eigenvalue weighted by Crippen LogP contribution is 2.68. The van der Waals surface area contributed by atoms with E-state index in [0.717, 1.165) is 43.4 Å². The molecule has 0 radical (unpaired) electrons. The third-order valence-corrected chi connectivity index (χ3v) is 11.2. The quantitative estimate of drug-likeness (QED) is 0.520. The minimum Gasteiger partial charge on any atom is -0.549 e. The van der Waals surface area contributed by atoms with Gasteiger partial charge in [0.2, 0.25) is 0 Å². The molecule has 0 unspecified atom stereocenters. The molecule has 0 bridgehead atoms. The zero-order valence-corrected chi connectivity index (χ0v) is 21.5. The normalized spacial score (nSPS) is 44.8. The Labute approximate surface area is 196 Å². The Bertz CT molecular complexity index is 768. The molecule has 0 aliphatic heterocycles. The summed E-state index contributed by atoms with van der Waals surface area (Å²) in [6, 6.07) is 0. The maximum atomic E-state index is 12.2. The van der Waals surface area contributed by atoms with Gasteiger partial charge in [-0.15, -0.1) is 0 Å². The molecule has 0 aromatic carbocycles. The van der Waals surface area contributed by atoms with Gasteiger partial charge in [0.25, 0.3) is 0 Å². The van der Waals surface area contributed by atoms with E-state index in [2.05, 4.69) is 34.6 Å². The molecule has 0 spiro atoms. The molecule has 0 saturated heterocycles. The second-order valence-corrected chi connectivity index (χ2v) is 13.2. The highest BCUT2D eigenvalue weighted by atomic mass is 16.4. The van der Waals surface area contributed by atoms with E-state index in [9.17, 15) is 15.0 Å². The Kier molecular flexibility index (Phi) is 6.40. The number of allylic oxidation sites excluding steroid dienone is 2. The third-order valence-electron chi connectivity index (χ3n) is 11.2. The number of rotatable bonds is 6. The first-order valence-corrected chi connectivity index (χ1v) is 13.6. The molecule has 182 valence electrons. The molecule has 3 nitrogen and oxygen atoms in total. The smallest absolute Gasteiger partial charge is 0.0649 e. The number of fused-ring (bicyclic) bond motifs is 4. The first-order chi connectivity index (χ1) is 15.0. The van der Waals surface area contributed by atoms with Crippen LogP contribution in [0.15, 0.2) is 11.1 Å². The summed E-state index contributed by atoms with van der Waals surface area (Å²) < 4.78 is 0. The summed E-state index contributed by atoms with van der Waals surface area (Å²) in [5.74, 6) is 2.03. The molecule has 4 aliphatic carbocycles. The van der Waals surface area contributed by atoms with Crippen LogP contribution in [0.3, 0.4) is 0 Å². The van der Waals surface area contributed by atoms with Gasteiger partial charge in [0.05, 0.1) is 12.1 Å². The molecule has 0 heterocycles. The molecular weight excluding hydrogens is 396 g/mol. The molecule has 4 rings (SSSR count). The fourth-order valence-corrected chi connectivity index (χ4v) is 9.28. The molecule has 32 heavy (non-hydrogen) atoms. The zero-order chi connectivity index (χ0) is 23.5. The first kappa shape index (κ1) is 24.3. The fourth-order valence-electron chi connectivity index (χ4n) is 9.28. The fraction of sp³-hybridized carbons (Fsp3) is 0.897. The summed E-state index contributed by atoms with van der Waals surface area (Å²) in [6.45, 7) is 13.8. The number of hydrogen-bond acceptors (Lipinski definition) is 3. The van der Waals surface area contributed by atoms with Crippen molar-refractivity contribution in [2.24, 2.45) is 45.8 Å². The minimum absolute atomic E-state index is 0.0148. The monoisotopic (exact) mass is 443 g/mol. The average molecular weight is 444 g/mol. The molecule has 2 saturated carbocycles.